The summed E-state index contributed by atoms with van der Waals surface area (Å²) >= 11 is 2.25. The van der Waals surface area contributed by atoms with E-state index in [-0.39, 0.29) is 11.8 Å². The van der Waals surface area contributed by atoms with Crippen LogP contribution in [0.2, 0.25) is 0 Å². The molecule has 2 aromatic carbocycles. The molecule has 0 aliphatic carbocycles. The Labute approximate surface area is 156 Å². The first kappa shape index (κ1) is 18.4. The lowest BCUT2D eigenvalue weighted by Gasteiger charge is -2.09. The molecule has 0 aromatic heterocycles. The first-order chi connectivity index (χ1) is 11.5. The standard InChI is InChI=1S/C19H21IN2O2/c1-3-5-18(23)22-16-7-4-6-14(11-16)12-21-19(24)15-8-9-17(20)13(2)10-15/h4,6-11H,3,5,12H2,1-2H3,(H,21,24)(H,22,23). The van der Waals surface area contributed by atoms with E-state index in [1.807, 2.05) is 56.3 Å². The van der Waals surface area contributed by atoms with Gasteiger partial charge in [0.2, 0.25) is 5.91 Å². The Kier molecular flexibility index (Phi) is 6.78. The van der Waals surface area contributed by atoms with Gasteiger partial charge in [-0.3, -0.25) is 9.59 Å². The molecule has 2 amide bonds. The van der Waals surface area contributed by atoms with Crippen LogP contribution in [0.25, 0.3) is 0 Å². The molecule has 5 heteroatoms. The first-order valence-corrected chi connectivity index (χ1v) is 9.00. The second-order valence-electron chi connectivity index (χ2n) is 5.65. The van der Waals surface area contributed by atoms with Gasteiger partial charge in [-0.15, -0.1) is 0 Å². The second-order valence-corrected chi connectivity index (χ2v) is 6.81. The average molecular weight is 436 g/mol. The van der Waals surface area contributed by atoms with Crippen LogP contribution in [0, 0.1) is 10.5 Å². The van der Waals surface area contributed by atoms with Gasteiger partial charge in [0.25, 0.3) is 5.91 Å². The van der Waals surface area contributed by atoms with Crippen molar-refractivity contribution in [3.63, 3.8) is 0 Å². The zero-order valence-corrected chi connectivity index (χ0v) is 16.0. The van der Waals surface area contributed by atoms with Crippen molar-refractivity contribution < 1.29 is 9.59 Å². The highest BCUT2D eigenvalue weighted by molar-refractivity contribution is 14.1. The molecular formula is C19H21IN2O2. The van der Waals surface area contributed by atoms with E-state index in [2.05, 4.69) is 33.2 Å². The molecule has 4 nitrogen and oxygen atoms in total. The zero-order valence-electron chi connectivity index (χ0n) is 13.9. The molecular weight excluding hydrogens is 415 g/mol. The third-order valence-electron chi connectivity index (χ3n) is 3.56. The largest absolute Gasteiger partial charge is 0.348 e. The minimum Gasteiger partial charge on any atom is -0.348 e. The Balaban J connectivity index is 1.97. The van der Waals surface area contributed by atoms with E-state index < -0.39 is 0 Å². The van der Waals surface area contributed by atoms with E-state index >= 15 is 0 Å². The van der Waals surface area contributed by atoms with Gasteiger partial charge < -0.3 is 10.6 Å². The van der Waals surface area contributed by atoms with Gasteiger partial charge >= 0.3 is 0 Å². The van der Waals surface area contributed by atoms with Crippen LogP contribution in [0.4, 0.5) is 5.69 Å². The summed E-state index contributed by atoms with van der Waals surface area (Å²) in [5.74, 6) is -0.0945. The van der Waals surface area contributed by atoms with Crippen molar-refractivity contribution in [3.05, 3.63) is 62.7 Å². The van der Waals surface area contributed by atoms with Crippen LogP contribution in [0.15, 0.2) is 42.5 Å². The van der Waals surface area contributed by atoms with Crippen molar-refractivity contribution in [1.29, 1.82) is 0 Å². The maximum absolute atomic E-state index is 12.2. The van der Waals surface area contributed by atoms with E-state index in [9.17, 15) is 9.59 Å². The van der Waals surface area contributed by atoms with Crippen molar-refractivity contribution in [2.75, 3.05) is 5.32 Å². The average Bonchev–Trinajstić information content (AvgIpc) is 2.55. The van der Waals surface area contributed by atoms with Gasteiger partial charge in [-0.1, -0.05) is 19.1 Å². The minimum atomic E-state index is -0.102. The molecule has 2 N–H and O–H groups in total. The summed E-state index contributed by atoms with van der Waals surface area (Å²) in [5, 5.41) is 5.78. The van der Waals surface area contributed by atoms with Gasteiger partial charge in [0.1, 0.15) is 0 Å². The Morgan fingerprint density at radius 1 is 1.12 bits per heavy atom. The smallest absolute Gasteiger partial charge is 0.251 e. The van der Waals surface area contributed by atoms with Crippen molar-refractivity contribution in [2.24, 2.45) is 0 Å². The number of aryl methyl sites for hydroxylation is 1. The first-order valence-electron chi connectivity index (χ1n) is 7.92. The third-order valence-corrected chi connectivity index (χ3v) is 4.77. The number of hydrogen-bond acceptors (Lipinski definition) is 2. The zero-order chi connectivity index (χ0) is 17.5. The number of nitrogens with one attached hydrogen (secondary N) is 2. The number of benzene rings is 2. The molecule has 126 valence electrons. The van der Waals surface area contributed by atoms with Crippen LogP contribution < -0.4 is 10.6 Å². The van der Waals surface area contributed by atoms with Gasteiger partial charge in [-0.05, 0) is 77.4 Å². The fraction of sp³-hybridized carbons (Fsp3) is 0.263. The van der Waals surface area contributed by atoms with Crippen LogP contribution in [0.1, 0.15) is 41.3 Å². The van der Waals surface area contributed by atoms with Crippen LogP contribution in [0.5, 0.6) is 0 Å². The van der Waals surface area contributed by atoms with Gasteiger partial charge in [-0.2, -0.15) is 0 Å². The van der Waals surface area contributed by atoms with Crippen LogP contribution in [-0.2, 0) is 11.3 Å². The number of hydrogen-bond donors (Lipinski definition) is 2. The summed E-state index contributed by atoms with van der Waals surface area (Å²) in [4.78, 5) is 23.9. The molecule has 0 heterocycles. The highest BCUT2D eigenvalue weighted by Gasteiger charge is 2.07. The van der Waals surface area contributed by atoms with Crippen molar-refractivity contribution in [3.8, 4) is 0 Å². The number of carbonyl (C=O) groups excluding carboxylic acids is 2. The number of amides is 2. The normalized spacial score (nSPS) is 10.3. The molecule has 24 heavy (non-hydrogen) atoms. The van der Waals surface area contributed by atoms with Crippen molar-refractivity contribution in [1.82, 2.24) is 5.32 Å². The molecule has 0 aliphatic heterocycles. The lowest BCUT2D eigenvalue weighted by Crippen LogP contribution is -2.23. The van der Waals surface area contributed by atoms with Crippen LogP contribution in [-0.4, -0.2) is 11.8 Å². The molecule has 0 aliphatic rings. The van der Waals surface area contributed by atoms with E-state index in [4.69, 9.17) is 0 Å². The number of carbonyl (C=O) groups is 2. The van der Waals surface area contributed by atoms with Crippen molar-refractivity contribution in [2.45, 2.75) is 33.2 Å². The SMILES string of the molecule is CCCC(=O)Nc1cccc(CNC(=O)c2ccc(I)c(C)c2)c1. The molecule has 0 atom stereocenters. The lowest BCUT2D eigenvalue weighted by molar-refractivity contribution is -0.116. The molecule has 0 saturated heterocycles. The van der Waals surface area contributed by atoms with E-state index in [0.717, 1.165) is 26.8 Å². The maximum atomic E-state index is 12.2. The summed E-state index contributed by atoms with van der Waals surface area (Å²) in [6, 6.07) is 13.2. The van der Waals surface area contributed by atoms with Crippen LogP contribution >= 0.6 is 22.6 Å². The molecule has 0 spiro atoms. The summed E-state index contributed by atoms with van der Waals surface area (Å²) in [7, 11) is 0. The molecule has 0 saturated carbocycles. The molecule has 0 unspecified atom stereocenters. The third kappa shape index (κ3) is 5.33. The summed E-state index contributed by atoms with van der Waals surface area (Å²) in [6.07, 6.45) is 1.32. The highest BCUT2D eigenvalue weighted by Crippen LogP contribution is 2.14. The van der Waals surface area contributed by atoms with E-state index in [1.54, 1.807) is 0 Å². The van der Waals surface area contributed by atoms with Gasteiger partial charge in [0.05, 0.1) is 0 Å². The molecule has 0 fully saturated rings. The summed E-state index contributed by atoms with van der Waals surface area (Å²) < 4.78 is 1.14. The molecule has 0 radical (unpaired) electrons. The van der Waals surface area contributed by atoms with Crippen molar-refractivity contribution >= 4 is 40.1 Å². The predicted octanol–water partition coefficient (Wildman–Crippen LogP) is 4.27. The lowest BCUT2D eigenvalue weighted by atomic mass is 10.1. The second kappa shape index (κ2) is 8.82. The Morgan fingerprint density at radius 2 is 1.92 bits per heavy atom. The number of anilines is 1. The summed E-state index contributed by atoms with van der Waals surface area (Å²) in [5.41, 5.74) is 3.44. The van der Waals surface area contributed by atoms with Crippen LogP contribution in [0.3, 0.4) is 0 Å². The number of halogens is 1. The Bertz CT molecular complexity index is 744. The number of rotatable bonds is 6. The maximum Gasteiger partial charge on any atom is 0.251 e. The highest BCUT2D eigenvalue weighted by atomic mass is 127. The van der Waals surface area contributed by atoms with E-state index in [0.29, 0.717) is 18.5 Å². The van der Waals surface area contributed by atoms with Gasteiger partial charge in [-0.25, -0.2) is 0 Å². The molecule has 0 bridgehead atoms. The van der Waals surface area contributed by atoms with E-state index in [1.165, 1.54) is 0 Å². The monoisotopic (exact) mass is 436 g/mol. The molecule has 2 rings (SSSR count). The van der Waals surface area contributed by atoms with Gasteiger partial charge in [0.15, 0.2) is 0 Å². The molecule has 2 aromatic rings. The topological polar surface area (TPSA) is 58.2 Å². The van der Waals surface area contributed by atoms with Gasteiger partial charge in [0, 0.05) is 27.8 Å². The predicted molar refractivity (Wildman–Crippen MR) is 105 cm³/mol. The minimum absolute atomic E-state index is 0.00745. The Morgan fingerprint density at radius 3 is 2.62 bits per heavy atom. The fourth-order valence-electron chi connectivity index (χ4n) is 2.28. The fourth-order valence-corrected chi connectivity index (χ4v) is 2.62. The Hall–Kier alpha value is -1.89. The quantitative estimate of drug-likeness (QED) is 0.665. The summed E-state index contributed by atoms with van der Waals surface area (Å²) in [6.45, 7) is 4.38.